The number of alkyl halides is 3. The van der Waals surface area contributed by atoms with Gasteiger partial charge in [-0.05, 0) is 40.9 Å². The van der Waals surface area contributed by atoms with Gasteiger partial charge in [-0.15, -0.1) is 0 Å². The second-order valence-corrected chi connectivity index (χ2v) is 6.32. The van der Waals surface area contributed by atoms with Crippen molar-refractivity contribution >= 4 is 33.2 Å². The van der Waals surface area contributed by atoms with Crippen LogP contribution < -0.4 is 5.32 Å². The van der Waals surface area contributed by atoms with Crippen LogP contribution in [0.15, 0.2) is 16.6 Å². The number of anilines is 1. The standard InChI is InChI=1S/C13H14BrClF4N2/c14-10-5-8(16)6-11(15)12(10)20-9-1-3-21(4-2-9)7-13(17,18)19/h5-6,9,20H,1-4,7H2. The maximum Gasteiger partial charge on any atom is 0.401 e. The highest BCUT2D eigenvalue weighted by molar-refractivity contribution is 9.10. The van der Waals surface area contributed by atoms with Crippen LogP contribution in [-0.4, -0.2) is 36.8 Å². The third-order valence-electron chi connectivity index (χ3n) is 3.35. The molecule has 1 fully saturated rings. The predicted molar refractivity (Wildman–Crippen MR) is 78.2 cm³/mol. The number of rotatable bonds is 3. The van der Waals surface area contributed by atoms with Gasteiger partial charge in [0, 0.05) is 23.6 Å². The Morgan fingerprint density at radius 2 is 1.90 bits per heavy atom. The van der Waals surface area contributed by atoms with Gasteiger partial charge < -0.3 is 5.32 Å². The molecule has 1 heterocycles. The fourth-order valence-electron chi connectivity index (χ4n) is 2.37. The molecular formula is C13H14BrClF4N2. The van der Waals surface area contributed by atoms with Gasteiger partial charge in [-0.3, -0.25) is 4.90 Å². The maximum atomic E-state index is 13.1. The minimum atomic E-state index is -4.16. The van der Waals surface area contributed by atoms with Gasteiger partial charge in [0.1, 0.15) is 5.82 Å². The monoisotopic (exact) mass is 388 g/mol. The van der Waals surface area contributed by atoms with Crippen LogP contribution in [0.1, 0.15) is 12.8 Å². The Morgan fingerprint density at radius 3 is 2.43 bits per heavy atom. The van der Waals surface area contributed by atoms with Crippen molar-refractivity contribution < 1.29 is 17.6 Å². The number of likely N-dealkylation sites (tertiary alicyclic amines) is 1. The summed E-state index contributed by atoms with van der Waals surface area (Å²) in [7, 11) is 0. The first-order valence-electron chi connectivity index (χ1n) is 6.45. The summed E-state index contributed by atoms with van der Waals surface area (Å²) < 4.78 is 50.6. The lowest BCUT2D eigenvalue weighted by Gasteiger charge is -2.33. The molecule has 1 saturated heterocycles. The normalized spacial score (nSPS) is 18.0. The Labute approximate surface area is 133 Å². The molecule has 0 atom stereocenters. The third-order valence-corrected chi connectivity index (χ3v) is 4.27. The highest BCUT2D eigenvalue weighted by Gasteiger charge is 2.32. The Hall–Kier alpha value is -0.530. The fraction of sp³-hybridized carbons (Fsp3) is 0.538. The molecule has 0 saturated carbocycles. The molecule has 0 unspecified atom stereocenters. The summed E-state index contributed by atoms with van der Waals surface area (Å²) in [6.07, 6.45) is -3.00. The Morgan fingerprint density at radius 1 is 1.29 bits per heavy atom. The van der Waals surface area contributed by atoms with Crippen LogP contribution in [0.4, 0.5) is 23.2 Å². The fourth-order valence-corrected chi connectivity index (χ4v) is 3.29. The topological polar surface area (TPSA) is 15.3 Å². The zero-order valence-corrected chi connectivity index (χ0v) is 13.3. The lowest BCUT2D eigenvalue weighted by molar-refractivity contribution is -0.147. The summed E-state index contributed by atoms with van der Waals surface area (Å²) in [5.41, 5.74) is 0.576. The third kappa shape index (κ3) is 5.00. The smallest absolute Gasteiger partial charge is 0.380 e. The SMILES string of the molecule is Fc1cc(Cl)c(NC2CCN(CC(F)(F)F)CC2)c(Br)c1. The molecule has 1 N–H and O–H groups in total. The number of benzene rings is 1. The molecule has 118 valence electrons. The summed E-state index contributed by atoms with van der Waals surface area (Å²) in [4.78, 5) is 1.39. The average Bonchev–Trinajstić information content (AvgIpc) is 2.34. The summed E-state index contributed by atoms with van der Waals surface area (Å²) in [6, 6.07) is 2.52. The van der Waals surface area contributed by atoms with E-state index < -0.39 is 18.5 Å². The molecule has 1 aromatic carbocycles. The Bertz CT molecular complexity index is 478. The van der Waals surface area contributed by atoms with E-state index in [4.69, 9.17) is 11.6 Å². The van der Waals surface area contributed by atoms with Gasteiger partial charge in [0.2, 0.25) is 0 Å². The van der Waals surface area contributed by atoms with Crippen molar-refractivity contribution in [1.29, 1.82) is 0 Å². The lowest BCUT2D eigenvalue weighted by atomic mass is 10.0. The van der Waals surface area contributed by atoms with Crippen molar-refractivity contribution in [3.8, 4) is 0 Å². The first-order chi connectivity index (χ1) is 9.74. The van der Waals surface area contributed by atoms with Crippen molar-refractivity contribution in [2.24, 2.45) is 0 Å². The van der Waals surface area contributed by atoms with Crippen LogP contribution in [0.2, 0.25) is 5.02 Å². The predicted octanol–water partition coefficient (Wildman–Crippen LogP) is 4.68. The largest absolute Gasteiger partial charge is 0.401 e. The van der Waals surface area contributed by atoms with E-state index in [9.17, 15) is 17.6 Å². The second kappa shape index (κ2) is 6.71. The molecule has 0 amide bonds. The van der Waals surface area contributed by atoms with Crippen molar-refractivity contribution in [3.63, 3.8) is 0 Å². The number of halogens is 6. The highest BCUT2D eigenvalue weighted by atomic mass is 79.9. The zero-order chi connectivity index (χ0) is 15.6. The minimum absolute atomic E-state index is 0.0220. The van der Waals surface area contributed by atoms with E-state index in [0.29, 0.717) is 36.1 Å². The summed E-state index contributed by atoms with van der Waals surface area (Å²) >= 11 is 9.21. The van der Waals surface area contributed by atoms with E-state index in [0.717, 1.165) is 0 Å². The van der Waals surface area contributed by atoms with Crippen molar-refractivity contribution in [2.75, 3.05) is 25.0 Å². The van der Waals surface area contributed by atoms with Gasteiger partial charge in [0.25, 0.3) is 0 Å². The number of nitrogens with one attached hydrogen (secondary N) is 1. The van der Waals surface area contributed by atoms with Gasteiger partial charge in [0.05, 0.1) is 17.3 Å². The average molecular weight is 390 g/mol. The van der Waals surface area contributed by atoms with E-state index in [-0.39, 0.29) is 11.1 Å². The zero-order valence-electron chi connectivity index (χ0n) is 11.0. The molecule has 1 aromatic rings. The van der Waals surface area contributed by atoms with Crippen LogP contribution in [0.25, 0.3) is 0 Å². The lowest BCUT2D eigenvalue weighted by Crippen LogP contribution is -2.43. The number of nitrogens with zero attached hydrogens (tertiary/aromatic N) is 1. The highest BCUT2D eigenvalue weighted by Crippen LogP contribution is 2.33. The Balaban J connectivity index is 1.92. The van der Waals surface area contributed by atoms with Crippen molar-refractivity contribution in [2.45, 2.75) is 25.1 Å². The molecule has 0 bridgehead atoms. The molecule has 0 radical (unpaired) electrons. The van der Waals surface area contributed by atoms with Gasteiger partial charge in [-0.1, -0.05) is 11.6 Å². The first kappa shape index (κ1) is 16.8. The van der Waals surface area contributed by atoms with Crippen LogP contribution in [0, 0.1) is 5.82 Å². The van der Waals surface area contributed by atoms with Gasteiger partial charge in [0.15, 0.2) is 0 Å². The Kier molecular flexibility index (Phi) is 5.38. The van der Waals surface area contributed by atoms with E-state index in [2.05, 4.69) is 21.2 Å². The number of hydrogen-bond acceptors (Lipinski definition) is 2. The second-order valence-electron chi connectivity index (χ2n) is 5.05. The van der Waals surface area contributed by atoms with Gasteiger partial charge in [-0.25, -0.2) is 4.39 Å². The molecule has 0 aliphatic carbocycles. The molecule has 21 heavy (non-hydrogen) atoms. The summed E-state index contributed by atoms with van der Waals surface area (Å²) in [5, 5.41) is 3.42. The van der Waals surface area contributed by atoms with Crippen LogP contribution in [0.3, 0.4) is 0 Å². The van der Waals surface area contributed by atoms with Crippen molar-refractivity contribution in [1.82, 2.24) is 4.90 Å². The van der Waals surface area contributed by atoms with Crippen LogP contribution in [-0.2, 0) is 0 Å². The molecule has 1 aliphatic rings. The van der Waals surface area contributed by atoms with Crippen LogP contribution in [0.5, 0.6) is 0 Å². The number of piperidine rings is 1. The molecule has 8 heteroatoms. The molecule has 0 spiro atoms. The van der Waals surface area contributed by atoms with E-state index in [1.54, 1.807) is 0 Å². The molecule has 0 aromatic heterocycles. The summed E-state index contributed by atoms with van der Waals surface area (Å²) in [5.74, 6) is -0.447. The maximum absolute atomic E-state index is 13.1. The summed E-state index contributed by atoms with van der Waals surface area (Å²) in [6.45, 7) is -0.137. The van der Waals surface area contributed by atoms with E-state index in [1.807, 2.05) is 0 Å². The van der Waals surface area contributed by atoms with Gasteiger partial charge in [-0.2, -0.15) is 13.2 Å². The quantitative estimate of drug-likeness (QED) is 0.755. The minimum Gasteiger partial charge on any atom is -0.380 e. The number of hydrogen-bond donors (Lipinski definition) is 1. The molecule has 2 nitrogen and oxygen atoms in total. The first-order valence-corrected chi connectivity index (χ1v) is 7.62. The van der Waals surface area contributed by atoms with Gasteiger partial charge >= 0.3 is 6.18 Å². The van der Waals surface area contributed by atoms with Crippen LogP contribution >= 0.6 is 27.5 Å². The van der Waals surface area contributed by atoms with Crippen molar-refractivity contribution in [3.05, 3.63) is 27.4 Å². The molecule has 1 aliphatic heterocycles. The molecule has 2 rings (SSSR count). The molecular weight excluding hydrogens is 376 g/mol. The van der Waals surface area contributed by atoms with E-state index >= 15 is 0 Å². The van der Waals surface area contributed by atoms with E-state index in [1.165, 1.54) is 17.0 Å².